The highest BCUT2D eigenvalue weighted by Crippen LogP contribution is 2.77. The molecule has 0 spiro atoms. The first-order valence-corrected chi connectivity index (χ1v) is 9.52. The molecule has 1 saturated carbocycles. The second-order valence-corrected chi connectivity index (χ2v) is 9.39. The maximum absolute atomic E-state index is 12.8. The van der Waals surface area contributed by atoms with Crippen LogP contribution in [-0.4, -0.2) is 37.3 Å². The molecule has 1 heterocycles. The molecule has 0 unspecified atom stereocenters. The van der Waals surface area contributed by atoms with Crippen LogP contribution in [0.15, 0.2) is 10.1 Å². The number of halogens is 6. The molecule has 2 amide bonds. The fourth-order valence-electron chi connectivity index (χ4n) is 3.79. The van der Waals surface area contributed by atoms with Crippen molar-refractivity contribution in [3.63, 3.8) is 0 Å². The van der Waals surface area contributed by atoms with E-state index in [0.717, 1.165) is 12.8 Å². The molecule has 0 aromatic carbocycles. The number of likely N-dealkylation sites (tertiary alicyclic amines) is 1. The summed E-state index contributed by atoms with van der Waals surface area (Å²) in [5, 5.41) is -0.114. The summed E-state index contributed by atoms with van der Waals surface area (Å²) in [6, 6.07) is 0. The molecule has 3 rings (SSSR count). The van der Waals surface area contributed by atoms with E-state index in [9.17, 15) is 9.59 Å². The summed E-state index contributed by atoms with van der Waals surface area (Å²) < 4.78 is -1.85. The number of amides is 2. The van der Waals surface area contributed by atoms with E-state index in [1.54, 1.807) is 0 Å². The minimum Gasteiger partial charge on any atom is -0.282 e. The number of nitrogens with zero attached hydrogens (tertiary/aromatic N) is 1. The maximum Gasteiger partial charge on any atom is 0.235 e. The van der Waals surface area contributed by atoms with Gasteiger partial charge in [-0.1, -0.05) is 66.2 Å². The van der Waals surface area contributed by atoms with Gasteiger partial charge in [-0.25, -0.2) is 0 Å². The van der Waals surface area contributed by atoms with Crippen LogP contribution < -0.4 is 0 Å². The topological polar surface area (TPSA) is 37.4 Å². The zero-order valence-corrected chi connectivity index (χ0v) is 16.6. The minimum absolute atomic E-state index is 0.0568. The normalized spacial score (nSPS) is 41.3. The molecule has 23 heavy (non-hydrogen) atoms. The van der Waals surface area contributed by atoms with Crippen LogP contribution in [0.4, 0.5) is 0 Å². The lowest BCUT2D eigenvalue weighted by atomic mass is 9.84. The highest BCUT2D eigenvalue weighted by molar-refractivity contribution is 6.66. The minimum atomic E-state index is -1.85. The van der Waals surface area contributed by atoms with Crippen LogP contribution in [-0.2, 0) is 9.59 Å². The summed E-state index contributed by atoms with van der Waals surface area (Å²) in [4.78, 5) is 23.4. The van der Waals surface area contributed by atoms with Crippen molar-refractivity contribution in [2.24, 2.45) is 11.8 Å². The molecule has 0 radical (unpaired) electrons. The SMILES string of the molecule is CCCCCN1C(=O)[C@H]2[C@H](C1=O)[C@]1(Cl)C(Cl)=C(Cl)[C@]2(Cl)C1(Cl)Cl. The molecule has 1 aliphatic heterocycles. The van der Waals surface area contributed by atoms with Gasteiger partial charge < -0.3 is 0 Å². The average Bonchev–Trinajstić information content (AvgIpc) is 2.86. The Bertz CT molecular complexity index is 589. The quantitative estimate of drug-likeness (QED) is 0.364. The van der Waals surface area contributed by atoms with E-state index in [1.165, 1.54) is 4.90 Å². The first-order valence-electron chi connectivity index (χ1n) is 7.25. The van der Waals surface area contributed by atoms with E-state index in [2.05, 4.69) is 0 Å². The number of unbranched alkanes of at least 4 members (excludes halogenated alkanes) is 2. The number of hydrogen-bond acceptors (Lipinski definition) is 2. The fourth-order valence-corrected chi connectivity index (χ4v) is 6.72. The van der Waals surface area contributed by atoms with E-state index >= 15 is 0 Å². The number of imide groups is 1. The van der Waals surface area contributed by atoms with E-state index in [4.69, 9.17) is 69.6 Å². The Morgan fingerprint density at radius 2 is 1.35 bits per heavy atom. The third-order valence-electron chi connectivity index (χ3n) is 4.99. The summed E-state index contributed by atoms with van der Waals surface area (Å²) in [5.74, 6) is -2.91. The van der Waals surface area contributed by atoms with Crippen LogP contribution in [0, 0.1) is 11.8 Å². The molecule has 2 bridgehead atoms. The Labute approximate surface area is 164 Å². The molecule has 3 aliphatic rings. The summed E-state index contributed by atoms with van der Waals surface area (Å²) in [7, 11) is 0. The van der Waals surface area contributed by atoms with Gasteiger partial charge in [0, 0.05) is 6.54 Å². The Balaban J connectivity index is 2.06. The lowest BCUT2D eigenvalue weighted by Gasteiger charge is -2.34. The first-order chi connectivity index (χ1) is 10.6. The predicted molar refractivity (Wildman–Crippen MR) is 93.6 cm³/mol. The molecule has 4 atom stereocenters. The molecule has 2 aliphatic carbocycles. The lowest BCUT2D eigenvalue weighted by Crippen LogP contribution is -2.50. The summed E-state index contributed by atoms with van der Waals surface area (Å²) in [6.07, 6.45) is 2.58. The summed E-state index contributed by atoms with van der Waals surface area (Å²) >= 11 is 38.4. The second-order valence-electron chi connectivity index (χ2n) is 6.12. The van der Waals surface area contributed by atoms with Gasteiger partial charge in [-0.3, -0.25) is 14.5 Å². The smallest absolute Gasteiger partial charge is 0.235 e. The number of alkyl halides is 4. The molecule has 2 fully saturated rings. The van der Waals surface area contributed by atoms with E-state index < -0.39 is 37.7 Å². The molecule has 0 aromatic rings. The lowest BCUT2D eigenvalue weighted by molar-refractivity contribution is -0.140. The molecule has 0 aromatic heterocycles. The molecule has 1 saturated heterocycles. The number of carbonyl (C=O) groups excluding carboxylic acids is 2. The molecular formula is C14H13Cl6NO2. The highest BCUT2D eigenvalue weighted by atomic mass is 35.5. The van der Waals surface area contributed by atoms with Crippen molar-refractivity contribution in [3.05, 3.63) is 10.1 Å². The van der Waals surface area contributed by atoms with Gasteiger partial charge in [0.05, 0.1) is 21.9 Å². The van der Waals surface area contributed by atoms with Crippen molar-refractivity contribution in [2.45, 2.75) is 40.3 Å². The molecule has 128 valence electrons. The van der Waals surface area contributed by atoms with Crippen molar-refractivity contribution in [2.75, 3.05) is 6.54 Å². The average molecular weight is 440 g/mol. The Kier molecular flexibility index (Phi) is 4.45. The second kappa shape index (κ2) is 5.56. The van der Waals surface area contributed by atoms with Gasteiger partial charge in [0.25, 0.3) is 0 Å². The van der Waals surface area contributed by atoms with Crippen LogP contribution in [0.25, 0.3) is 0 Å². The summed E-state index contributed by atoms with van der Waals surface area (Å²) in [6.45, 7) is 2.34. The van der Waals surface area contributed by atoms with Crippen LogP contribution in [0.1, 0.15) is 26.2 Å². The van der Waals surface area contributed by atoms with E-state index in [1.807, 2.05) is 6.92 Å². The Morgan fingerprint density at radius 1 is 0.913 bits per heavy atom. The predicted octanol–water partition coefficient (Wildman–Crippen LogP) is 4.62. The number of fused-ring (bicyclic) bond motifs is 5. The number of carbonyl (C=O) groups is 2. The van der Waals surface area contributed by atoms with Gasteiger partial charge in [0.2, 0.25) is 11.8 Å². The third kappa shape index (κ3) is 1.88. The van der Waals surface area contributed by atoms with Gasteiger partial charge in [0.15, 0.2) is 4.33 Å². The number of hydrogen-bond donors (Lipinski definition) is 0. The van der Waals surface area contributed by atoms with Gasteiger partial charge >= 0.3 is 0 Å². The fraction of sp³-hybridized carbons (Fsp3) is 0.714. The third-order valence-corrected chi connectivity index (χ3v) is 9.24. The van der Waals surface area contributed by atoms with Crippen molar-refractivity contribution in [3.8, 4) is 0 Å². The Hall–Kier alpha value is 0.620. The molecule has 0 N–H and O–H groups in total. The molecule has 9 heteroatoms. The van der Waals surface area contributed by atoms with Gasteiger partial charge in [-0.15, -0.1) is 23.2 Å². The standard InChI is InChI=1S/C14H13Cl6NO2/c1-2-3-4-5-21-10(22)6-7(11(21)23)13(18)9(16)8(15)12(6,17)14(13,19)20/h6-7H,2-5H2,1H3/t6-,7-,12+,13+/m1/s1. The largest absolute Gasteiger partial charge is 0.282 e. The summed E-state index contributed by atoms with van der Waals surface area (Å²) in [5.41, 5.74) is 0. The highest BCUT2D eigenvalue weighted by Gasteiger charge is 2.87. The maximum atomic E-state index is 12.8. The van der Waals surface area contributed by atoms with Crippen molar-refractivity contribution in [1.29, 1.82) is 0 Å². The Morgan fingerprint density at radius 3 is 1.74 bits per heavy atom. The first kappa shape index (κ1) is 18.4. The van der Waals surface area contributed by atoms with Crippen LogP contribution in [0.5, 0.6) is 0 Å². The van der Waals surface area contributed by atoms with Crippen LogP contribution >= 0.6 is 69.6 Å². The van der Waals surface area contributed by atoms with Gasteiger partial charge in [0.1, 0.15) is 9.75 Å². The van der Waals surface area contributed by atoms with Crippen LogP contribution in [0.2, 0.25) is 0 Å². The van der Waals surface area contributed by atoms with Crippen molar-refractivity contribution in [1.82, 2.24) is 4.90 Å². The molecule has 3 nitrogen and oxygen atoms in total. The monoisotopic (exact) mass is 437 g/mol. The number of allylic oxidation sites excluding steroid dienone is 2. The van der Waals surface area contributed by atoms with Gasteiger partial charge in [-0.05, 0) is 6.42 Å². The number of rotatable bonds is 4. The zero-order valence-electron chi connectivity index (χ0n) is 12.0. The van der Waals surface area contributed by atoms with Crippen molar-refractivity contribution < 1.29 is 9.59 Å². The van der Waals surface area contributed by atoms with Crippen LogP contribution in [0.3, 0.4) is 0 Å². The van der Waals surface area contributed by atoms with E-state index in [-0.39, 0.29) is 10.1 Å². The zero-order chi connectivity index (χ0) is 17.4. The van der Waals surface area contributed by atoms with E-state index in [0.29, 0.717) is 13.0 Å². The van der Waals surface area contributed by atoms with Crippen molar-refractivity contribution >= 4 is 81.4 Å². The molecular weight excluding hydrogens is 427 g/mol. The van der Waals surface area contributed by atoms with Gasteiger partial charge in [-0.2, -0.15) is 0 Å².